The fourth-order valence-electron chi connectivity index (χ4n) is 2.97. The first kappa shape index (κ1) is 13.4. The number of para-hydroxylation sites is 1. The first-order chi connectivity index (χ1) is 9.63. The highest BCUT2D eigenvalue weighted by Gasteiger charge is 2.51. The van der Waals surface area contributed by atoms with Gasteiger partial charge in [-0.15, -0.1) is 0 Å². The van der Waals surface area contributed by atoms with Crippen LogP contribution in [0.4, 0.5) is 0 Å². The number of rotatable bonds is 5. The summed E-state index contributed by atoms with van der Waals surface area (Å²) in [5.41, 5.74) is 0.822. The smallest absolute Gasteiger partial charge is 0.337 e. The van der Waals surface area contributed by atoms with Gasteiger partial charge in [-0.25, -0.2) is 4.79 Å². The molecule has 0 bridgehead atoms. The van der Waals surface area contributed by atoms with Gasteiger partial charge in [0.2, 0.25) is 0 Å². The fourth-order valence-corrected chi connectivity index (χ4v) is 2.97. The average molecular weight is 278 g/mol. The van der Waals surface area contributed by atoms with E-state index in [9.17, 15) is 9.90 Å². The van der Waals surface area contributed by atoms with Gasteiger partial charge in [0.25, 0.3) is 0 Å². The summed E-state index contributed by atoms with van der Waals surface area (Å²) in [6.45, 7) is 1.55. The van der Waals surface area contributed by atoms with Gasteiger partial charge in [-0.3, -0.25) is 0 Å². The summed E-state index contributed by atoms with van der Waals surface area (Å²) in [4.78, 5) is 11.5. The van der Waals surface area contributed by atoms with Crippen molar-refractivity contribution in [2.45, 2.75) is 25.0 Å². The Balaban J connectivity index is 1.71. The van der Waals surface area contributed by atoms with E-state index in [0.29, 0.717) is 11.3 Å². The van der Waals surface area contributed by atoms with E-state index in [0.717, 1.165) is 26.1 Å². The van der Waals surface area contributed by atoms with Crippen molar-refractivity contribution in [1.82, 2.24) is 0 Å². The van der Waals surface area contributed by atoms with Crippen molar-refractivity contribution in [2.75, 3.05) is 20.3 Å². The molecule has 1 N–H and O–H groups in total. The molecule has 1 aromatic carbocycles. The minimum atomic E-state index is -0.986. The molecule has 0 radical (unpaired) electrons. The Hall–Kier alpha value is -1.59. The number of ether oxygens (including phenoxy) is 3. The molecule has 5 heteroatoms. The molecule has 1 aromatic rings. The Morgan fingerprint density at radius 1 is 1.40 bits per heavy atom. The predicted molar refractivity (Wildman–Crippen MR) is 70.7 cm³/mol. The second kappa shape index (κ2) is 5.07. The normalized spacial score (nSPS) is 21.9. The lowest BCUT2D eigenvalue weighted by Gasteiger charge is -2.53. The van der Waals surface area contributed by atoms with Crippen LogP contribution in [0.25, 0.3) is 0 Å². The largest absolute Gasteiger partial charge is 0.496 e. The van der Waals surface area contributed by atoms with Gasteiger partial charge in [-0.05, 0) is 18.9 Å². The molecule has 0 amide bonds. The van der Waals surface area contributed by atoms with E-state index in [1.54, 1.807) is 18.2 Å². The van der Waals surface area contributed by atoms with Crippen molar-refractivity contribution in [3.8, 4) is 5.75 Å². The maximum absolute atomic E-state index is 11.5. The summed E-state index contributed by atoms with van der Waals surface area (Å²) in [5.74, 6) is -0.443. The van der Waals surface area contributed by atoms with Crippen LogP contribution in [0.5, 0.6) is 5.75 Å². The molecule has 0 aromatic heterocycles. The Labute approximate surface area is 117 Å². The van der Waals surface area contributed by atoms with Gasteiger partial charge >= 0.3 is 5.97 Å². The van der Waals surface area contributed by atoms with E-state index in [4.69, 9.17) is 14.2 Å². The van der Waals surface area contributed by atoms with Crippen molar-refractivity contribution in [1.29, 1.82) is 0 Å². The number of hydrogen-bond donors (Lipinski definition) is 1. The molecule has 2 aliphatic rings. The molecule has 2 fully saturated rings. The molecule has 1 heterocycles. The summed E-state index contributed by atoms with van der Waals surface area (Å²) < 4.78 is 16.2. The number of hydrogen-bond acceptors (Lipinski definition) is 4. The molecule has 1 atom stereocenters. The van der Waals surface area contributed by atoms with Crippen LogP contribution in [-0.4, -0.2) is 37.5 Å². The van der Waals surface area contributed by atoms with Crippen LogP contribution in [0, 0.1) is 5.41 Å². The van der Waals surface area contributed by atoms with Crippen LogP contribution in [0.3, 0.4) is 0 Å². The Morgan fingerprint density at radius 3 is 2.65 bits per heavy atom. The third kappa shape index (κ3) is 2.27. The van der Waals surface area contributed by atoms with Crippen LogP contribution in [-0.2, 0) is 14.3 Å². The summed E-state index contributed by atoms with van der Waals surface area (Å²) >= 11 is 0. The summed E-state index contributed by atoms with van der Waals surface area (Å²) in [5, 5.41) is 9.41. The van der Waals surface area contributed by atoms with Crippen LogP contribution in [0.2, 0.25) is 0 Å². The monoisotopic (exact) mass is 278 g/mol. The molecule has 1 aliphatic carbocycles. The van der Waals surface area contributed by atoms with Gasteiger partial charge in [0, 0.05) is 11.0 Å². The highest BCUT2D eigenvalue weighted by molar-refractivity contribution is 5.75. The number of aliphatic carboxylic acids is 1. The molecule has 1 aliphatic heterocycles. The minimum Gasteiger partial charge on any atom is -0.496 e. The molecule has 3 rings (SSSR count). The lowest BCUT2D eigenvalue weighted by molar-refractivity contribution is -0.223. The molecule has 5 nitrogen and oxygen atoms in total. The van der Waals surface area contributed by atoms with Crippen molar-refractivity contribution < 1.29 is 24.1 Å². The van der Waals surface area contributed by atoms with Crippen molar-refractivity contribution >= 4 is 5.97 Å². The first-order valence-corrected chi connectivity index (χ1v) is 6.72. The maximum atomic E-state index is 11.5. The number of carbonyl (C=O) groups is 1. The highest BCUT2D eigenvalue weighted by atomic mass is 16.5. The number of carboxylic acids is 1. The van der Waals surface area contributed by atoms with E-state index in [-0.39, 0.29) is 11.5 Å². The van der Waals surface area contributed by atoms with Gasteiger partial charge in [0.05, 0.1) is 26.4 Å². The fraction of sp³-hybridized carbons (Fsp3) is 0.533. The second-order valence-corrected chi connectivity index (χ2v) is 5.62. The van der Waals surface area contributed by atoms with Crippen molar-refractivity contribution in [3.63, 3.8) is 0 Å². The molecule has 20 heavy (non-hydrogen) atoms. The highest BCUT2D eigenvalue weighted by Crippen LogP contribution is 2.49. The summed E-state index contributed by atoms with van der Waals surface area (Å²) in [6.07, 6.45) is 0.775. The Morgan fingerprint density at radius 2 is 2.10 bits per heavy atom. The zero-order chi connectivity index (χ0) is 14.2. The van der Waals surface area contributed by atoms with E-state index < -0.39 is 12.1 Å². The molecule has 1 unspecified atom stereocenters. The van der Waals surface area contributed by atoms with Gasteiger partial charge in [-0.1, -0.05) is 18.2 Å². The van der Waals surface area contributed by atoms with Gasteiger partial charge in [0.1, 0.15) is 5.75 Å². The predicted octanol–water partition coefficient (Wildman–Crippen LogP) is 2.02. The zero-order valence-corrected chi connectivity index (χ0v) is 11.4. The van der Waals surface area contributed by atoms with E-state index >= 15 is 0 Å². The van der Waals surface area contributed by atoms with Gasteiger partial charge in [-0.2, -0.15) is 0 Å². The molecule has 1 saturated heterocycles. The van der Waals surface area contributed by atoms with Crippen LogP contribution < -0.4 is 4.74 Å². The van der Waals surface area contributed by atoms with Crippen molar-refractivity contribution in [2.24, 2.45) is 5.41 Å². The van der Waals surface area contributed by atoms with Gasteiger partial charge in [0.15, 0.2) is 6.10 Å². The van der Waals surface area contributed by atoms with Crippen LogP contribution in [0.1, 0.15) is 24.5 Å². The summed E-state index contributed by atoms with van der Waals surface area (Å²) in [7, 11) is 1.53. The quantitative estimate of drug-likeness (QED) is 0.892. The molecular weight excluding hydrogens is 260 g/mol. The second-order valence-electron chi connectivity index (χ2n) is 5.62. The maximum Gasteiger partial charge on any atom is 0.337 e. The Bertz CT molecular complexity index is 501. The number of methoxy groups -OCH3 is 1. The number of carboxylic acid groups (broad SMARTS) is 1. The minimum absolute atomic E-state index is 0.00934. The lowest BCUT2D eigenvalue weighted by atomic mass is 9.65. The van der Waals surface area contributed by atoms with Crippen LogP contribution >= 0.6 is 0 Å². The molecular formula is C15H18O5. The standard InChI is InChI=1S/C15H18O5/c1-18-12-5-3-2-4-11(12)13(14(16)17)20-10-6-15(7-10)8-19-9-15/h2-5,10,13H,6-9H2,1H3,(H,16,17). The van der Waals surface area contributed by atoms with Gasteiger partial charge < -0.3 is 19.3 Å². The first-order valence-electron chi connectivity index (χ1n) is 6.72. The van der Waals surface area contributed by atoms with Crippen molar-refractivity contribution in [3.05, 3.63) is 29.8 Å². The molecule has 1 spiro atoms. The third-order valence-corrected chi connectivity index (χ3v) is 4.11. The summed E-state index contributed by atoms with van der Waals surface area (Å²) in [6, 6.07) is 7.08. The zero-order valence-electron chi connectivity index (χ0n) is 11.4. The average Bonchev–Trinajstić information content (AvgIpc) is 2.35. The van der Waals surface area contributed by atoms with E-state index in [1.165, 1.54) is 7.11 Å². The third-order valence-electron chi connectivity index (χ3n) is 4.11. The van der Waals surface area contributed by atoms with E-state index in [1.807, 2.05) is 6.07 Å². The van der Waals surface area contributed by atoms with E-state index in [2.05, 4.69) is 0 Å². The SMILES string of the molecule is COc1ccccc1C(OC1CC2(COC2)C1)C(=O)O. The number of benzene rings is 1. The molecule has 1 saturated carbocycles. The topological polar surface area (TPSA) is 65.0 Å². The molecule has 108 valence electrons. The Kier molecular flexibility index (Phi) is 3.40. The lowest BCUT2D eigenvalue weighted by Crippen LogP contribution is -2.55. The van der Waals surface area contributed by atoms with Crippen LogP contribution in [0.15, 0.2) is 24.3 Å².